The van der Waals surface area contributed by atoms with E-state index in [1.54, 1.807) is 0 Å². The van der Waals surface area contributed by atoms with E-state index in [0.717, 1.165) is 11.8 Å². The van der Waals surface area contributed by atoms with Crippen LogP contribution in [0.1, 0.15) is 6.42 Å². The van der Waals surface area contributed by atoms with Gasteiger partial charge < -0.3 is 10.6 Å². The van der Waals surface area contributed by atoms with Crippen LogP contribution in [0.4, 0.5) is 0 Å². The molecule has 2 nitrogen and oxygen atoms in total. The minimum Gasteiger partial charge on any atom is -0.327 e. The molecule has 0 radical (unpaired) electrons. The molecule has 0 amide bonds. The maximum absolute atomic E-state index is 5.86. The van der Waals surface area contributed by atoms with Gasteiger partial charge in [-0.2, -0.15) is 0 Å². The van der Waals surface area contributed by atoms with Crippen LogP contribution in [0.3, 0.4) is 0 Å². The first-order valence-electron chi connectivity index (χ1n) is 3.71. The summed E-state index contributed by atoms with van der Waals surface area (Å²) in [6.07, 6.45) is 1.39. The van der Waals surface area contributed by atoms with E-state index in [4.69, 9.17) is 5.73 Å². The van der Waals surface area contributed by atoms with Crippen LogP contribution in [-0.2, 0) is 0 Å². The summed E-state index contributed by atoms with van der Waals surface area (Å²) in [6.45, 7) is 2.47. The Kier molecular flexibility index (Phi) is 1.08. The van der Waals surface area contributed by atoms with Gasteiger partial charge >= 0.3 is 0 Å². The summed E-state index contributed by atoms with van der Waals surface area (Å²) in [6, 6.07) is 0.543. The lowest BCUT2D eigenvalue weighted by Crippen LogP contribution is -2.60. The molecule has 3 rings (SSSR count). The molecule has 1 saturated carbocycles. The maximum Gasteiger partial charge on any atom is 0.0120 e. The molecule has 0 aromatic heterocycles. The van der Waals surface area contributed by atoms with Gasteiger partial charge in [0.15, 0.2) is 0 Å². The van der Waals surface area contributed by atoms with Crippen molar-refractivity contribution in [2.45, 2.75) is 12.5 Å². The Labute approximate surface area is 56.0 Å². The summed E-state index contributed by atoms with van der Waals surface area (Å²) < 4.78 is 0. The van der Waals surface area contributed by atoms with Gasteiger partial charge in [0, 0.05) is 19.1 Å². The second-order valence-corrected chi connectivity index (χ2v) is 3.55. The van der Waals surface area contributed by atoms with Crippen molar-refractivity contribution in [2.24, 2.45) is 17.6 Å². The first kappa shape index (κ1) is 5.69. The highest BCUT2D eigenvalue weighted by atomic mass is 15.1. The number of hydrogen-bond acceptors (Lipinski definition) is 2. The van der Waals surface area contributed by atoms with Gasteiger partial charge in [0.2, 0.25) is 0 Å². The lowest BCUT2D eigenvalue weighted by molar-refractivity contribution is 0.0171. The van der Waals surface area contributed by atoms with E-state index < -0.39 is 0 Å². The van der Waals surface area contributed by atoms with Crippen LogP contribution in [0.25, 0.3) is 0 Å². The maximum atomic E-state index is 5.86. The summed E-state index contributed by atoms with van der Waals surface area (Å²) in [5.74, 6) is 1.66. The van der Waals surface area contributed by atoms with Crippen molar-refractivity contribution in [3.8, 4) is 0 Å². The van der Waals surface area contributed by atoms with Crippen molar-refractivity contribution in [2.75, 3.05) is 20.1 Å². The zero-order valence-corrected chi connectivity index (χ0v) is 5.88. The molecule has 3 aliphatic rings. The SMILES string of the molecule is CN1C[C@@H]2C[C@@H](C1)C2N. The summed E-state index contributed by atoms with van der Waals surface area (Å²) in [5, 5.41) is 0. The smallest absolute Gasteiger partial charge is 0.0120 e. The van der Waals surface area contributed by atoms with Crippen molar-refractivity contribution >= 4 is 0 Å². The van der Waals surface area contributed by atoms with Crippen LogP contribution >= 0.6 is 0 Å². The number of rotatable bonds is 0. The van der Waals surface area contributed by atoms with E-state index in [0.29, 0.717) is 6.04 Å². The third kappa shape index (κ3) is 0.700. The molecule has 3 fully saturated rings. The third-order valence-corrected chi connectivity index (χ3v) is 2.79. The fourth-order valence-corrected chi connectivity index (χ4v) is 2.16. The zero-order chi connectivity index (χ0) is 6.43. The minimum atomic E-state index is 0.543. The Morgan fingerprint density at radius 1 is 1.33 bits per heavy atom. The van der Waals surface area contributed by atoms with Crippen LogP contribution in [0, 0.1) is 11.8 Å². The van der Waals surface area contributed by atoms with E-state index in [2.05, 4.69) is 11.9 Å². The number of piperidine rings is 2. The van der Waals surface area contributed by atoms with Crippen molar-refractivity contribution < 1.29 is 0 Å². The van der Waals surface area contributed by atoms with Gasteiger partial charge in [0.1, 0.15) is 0 Å². The van der Waals surface area contributed by atoms with Gasteiger partial charge in [-0.1, -0.05) is 0 Å². The van der Waals surface area contributed by atoms with Crippen LogP contribution in [0.15, 0.2) is 0 Å². The molecule has 2 aliphatic heterocycles. The second kappa shape index (κ2) is 1.70. The Morgan fingerprint density at radius 2 is 1.89 bits per heavy atom. The average Bonchev–Trinajstić information content (AvgIpc) is 1.87. The standard InChI is InChI=1S/C7H14N2/c1-9-3-5-2-6(4-9)7(5)8/h5-7H,2-4,8H2,1H3/t5-,6-/m0/s1. The van der Waals surface area contributed by atoms with Crippen molar-refractivity contribution in [3.63, 3.8) is 0 Å². The normalized spacial score (nSPS) is 50.7. The Bertz CT molecular complexity index is 112. The van der Waals surface area contributed by atoms with Crippen LogP contribution < -0.4 is 5.73 Å². The highest BCUT2D eigenvalue weighted by Gasteiger charge is 2.43. The Hall–Kier alpha value is -0.0800. The van der Waals surface area contributed by atoms with Crippen LogP contribution in [0.5, 0.6) is 0 Å². The van der Waals surface area contributed by atoms with Gasteiger partial charge in [-0.05, 0) is 25.3 Å². The summed E-state index contributed by atoms with van der Waals surface area (Å²) in [7, 11) is 2.19. The lowest BCUT2D eigenvalue weighted by atomic mass is 9.67. The van der Waals surface area contributed by atoms with Crippen LogP contribution in [0.2, 0.25) is 0 Å². The quantitative estimate of drug-likeness (QED) is 0.491. The van der Waals surface area contributed by atoms with E-state index in [1.807, 2.05) is 0 Å². The van der Waals surface area contributed by atoms with E-state index in [-0.39, 0.29) is 0 Å². The van der Waals surface area contributed by atoms with Crippen molar-refractivity contribution in [1.29, 1.82) is 0 Å². The molecule has 2 N–H and O–H groups in total. The molecule has 2 heterocycles. The molecule has 2 atom stereocenters. The first-order valence-corrected chi connectivity index (χ1v) is 3.71. The molecule has 52 valence electrons. The fourth-order valence-electron chi connectivity index (χ4n) is 2.16. The minimum absolute atomic E-state index is 0.543. The van der Waals surface area contributed by atoms with E-state index in [9.17, 15) is 0 Å². The average molecular weight is 126 g/mol. The number of hydrogen-bond donors (Lipinski definition) is 1. The number of nitrogens with two attached hydrogens (primary N) is 1. The highest BCUT2D eigenvalue weighted by molar-refractivity contribution is 4.98. The molecule has 2 bridgehead atoms. The zero-order valence-electron chi connectivity index (χ0n) is 5.88. The number of nitrogens with zero attached hydrogens (tertiary/aromatic N) is 1. The van der Waals surface area contributed by atoms with Gasteiger partial charge in [0.25, 0.3) is 0 Å². The highest BCUT2D eigenvalue weighted by Crippen LogP contribution is 2.37. The molecule has 2 heteroatoms. The van der Waals surface area contributed by atoms with Gasteiger partial charge in [-0.3, -0.25) is 0 Å². The van der Waals surface area contributed by atoms with E-state index >= 15 is 0 Å². The third-order valence-electron chi connectivity index (χ3n) is 2.79. The van der Waals surface area contributed by atoms with E-state index in [1.165, 1.54) is 19.5 Å². The van der Waals surface area contributed by atoms with Gasteiger partial charge in [-0.15, -0.1) is 0 Å². The van der Waals surface area contributed by atoms with Gasteiger partial charge in [0.05, 0.1) is 0 Å². The predicted molar refractivity (Wildman–Crippen MR) is 37.1 cm³/mol. The summed E-state index contributed by atoms with van der Waals surface area (Å²) in [5.41, 5.74) is 5.86. The molecule has 0 spiro atoms. The molecule has 2 saturated heterocycles. The molecular formula is C7H14N2. The molecule has 0 unspecified atom stereocenters. The Morgan fingerprint density at radius 3 is 2.22 bits per heavy atom. The lowest BCUT2D eigenvalue weighted by Gasteiger charge is -2.51. The largest absolute Gasteiger partial charge is 0.327 e. The van der Waals surface area contributed by atoms with Crippen molar-refractivity contribution in [3.05, 3.63) is 0 Å². The first-order chi connectivity index (χ1) is 4.27. The topological polar surface area (TPSA) is 29.3 Å². The van der Waals surface area contributed by atoms with Gasteiger partial charge in [-0.25, -0.2) is 0 Å². The Balaban J connectivity index is 2.01. The molecule has 1 aliphatic carbocycles. The molecule has 0 aromatic carbocycles. The molecular weight excluding hydrogens is 112 g/mol. The molecule has 0 aromatic rings. The van der Waals surface area contributed by atoms with Crippen LogP contribution in [-0.4, -0.2) is 31.1 Å². The monoisotopic (exact) mass is 126 g/mol. The van der Waals surface area contributed by atoms with Crippen molar-refractivity contribution in [1.82, 2.24) is 4.90 Å². The summed E-state index contributed by atoms with van der Waals surface area (Å²) >= 11 is 0. The molecule has 9 heavy (non-hydrogen) atoms. The fraction of sp³-hybridized carbons (Fsp3) is 1.00. The number of fused-ring (bicyclic) bond motifs is 2. The predicted octanol–water partition coefficient (Wildman–Crippen LogP) is -0.105. The second-order valence-electron chi connectivity index (χ2n) is 3.55. The summed E-state index contributed by atoms with van der Waals surface area (Å²) in [4.78, 5) is 2.39.